The molecule has 0 spiro atoms. The van der Waals surface area contributed by atoms with Gasteiger partial charge in [0.05, 0.1) is 21.5 Å². The highest BCUT2D eigenvalue weighted by atomic mass is 79.9. The van der Waals surface area contributed by atoms with Gasteiger partial charge in [0.15, 0.2) is 0 Å². The number of aliphatic hydroxyl groups is 1. The van der Waals surface area contributed by atoms with Crippen molar-refractivity contribution >= 4 is 15.9 Å². The topological polar surface area (TPSA) is 41.3 Å². The molecule has 4 nitrogen and oxygen atoms in total. The Morgan fingerprint density at radius 3 is 2.68 bits per heavy atom. The summed E-state index contributed by atoms with van der Waals surface area (Å²) in [6.07, 6.45) is 3.23. The molecule has 1 aliphatic rings. The van der Waals surface area contributed by atoms with Crippen molar-refractivity contribution in [2.45, 2.75) is 51.2 Å². The molecule has 0 radical (unpaired) electrons. The molecule has 1 saturated heterocycles. The van der Waals surface area contributed by atoms with Crippen molar-refractivity contribution in [1.82, 2.24) is 14.7 Å². The predicted octanol–water partition coefficient (Wildman–Crippen LogP) is 2.13. The predicted molar refractivity (Wildman–Crippen MR) is 80.3 cm³/mol. The van der Waals surface area contributed by atoms with Crippen molar-refractivity contribution in [3.63, 3.8) is 0 Å². The van der Waals surface area contributed by atoms with Crippen LogP contribution in [0.4, 0.5) is 0 Å². The third kappa shape index (κ3) is 3.03. The second kappa shape index (κ2) is 5.54. The highest BCUT2D eigenvalue weighted by Crippen LogP contribution is 2.32. The van der Waals surface area contributed by atoms with E-state index in [1.165, 1.54) is 0 Å². The average molecular weight is 330 g/mol. The van der Waals surface area contributed by atoms with Crippen molar-refractivity contribution in [1.29, 1.82) is 0 Å². The van der Waals surface area contributed by atoms with Gasteiger partial charge in [-0.1, -0.05) is 6.92 Å². The van der Waals surface area contributed by atoms with Gasteiger partial charge in [-0.05, 0) is 49.2 Å². The Bertz CT molecular complexity index is 460. The fourth-order valence-electron chi connectivity index (χ4n) is 2.90. The monoisotopic (exact) mass is 329 g/mol. The summed E-state index contributed by atoms with van der Waals surface area (Å²) in [5, 5.41) is 15.4. The van der Waals surface area contributed by atoms with E-state index >= 15 is 0 Å². The number of hydrogen-bond acceptors (Lipinski definition) is 3. The normalized spacial score (nSPS) is 28.8. The summed E-state index contributed by atoms with van der Waals surface area (Å²) in [6.45, 7) is 5.23. The van der Waals surface area contributed by atoms with Crippen molar-refractivity contribution in [3.05, 3.63) is 15.9 Å². The van der Waals surface area contributed by atoms with Gasteiger partial charge >= 0.3 is 0 Å². The summed E-state index contributed by atoms with van der Waals surface area (Å²) in [5.41, 5.74) is 1.57. The zero-order valence-corrected chi connectivity index (χ0v) is 13.9. The molecular formula is C14H24BrN3O. The molecule has 2 heterocycles. The lowest BCUT2D eigenvalue weighted by Gasteiger charge is -2.41. The molecule has 1 fully saturated rings. The lowest BCUT2D eigenvalue weighted by molar-refractivity contribution is -0.0366. The molecule has 0 amide bonds. The molecule has 1 aromatic heterocycles. The molecule has 0 bridgehead atoms. The van der Waals surface area contributed by atoms with Crippen molar-refractivity contribution < 1.29 is 5.11 Å². The maximum absolute atomic E-state index is 10.9. The van der Waals surface area contributed by atoms with Crippen molar-refractivity contribution in [2.75, 3.05) is 13.6 Å². The number of piperidine rings is 1. The van der Waals surface area contributed by atoms with Gasteiger partial charge in [-0.25, -0.2) is 0 Å². The fourth-order valence-corrected chi connectivity index (χ4v) is 3.65. The first-order valence-electron chi connectivity index (χ1n) is 6.99. The van der Waals surface area contributed by atoms with Gasteiger partial charge in [-0.2, -0.15) is 5.10 Å². The number of nitrogens with zero attached hydrogens (tertiary/aromatic N) is 3. The highest BCUT2D eigenvalue weighted by Gasteiger charge is 2.36. The molecule has 0 aromatic carbocycles. The molecule has 19 heavy (non-hydrogen) atoms. The van der Waals surface area contributed by atoms with E-state index in [9.17, 15) is 5.11 Å². The molecule has 0 saturated carbocycles. The van der Waals surface area contributed by atoms with Crippen LogP contribution in [-0.4, -0.2) is 45.0 Å². The van der Waals surface area contributed by atoms with Crippen LogP contribution in [0.5, 0.6) is 0 Å². The summed E-state index contributed by atoms with van der Waals surface area (Å²) in [5.74, 6) is 0. The summed E-state index contributed by atoms with van der Waals surface area (Å²) >= 11 is 3.64. The lowest BCUT2D eigenvalue weighted by atomic mass is 9.83. The van der Waals surface area contributed by atoms with Gasteiger partial charge in [0.1, 0.15) is 0 Å². The molecule has 1 N–H and O–H groups in total. The van der Waals surface area contributed by atoms with E-state index in [0.717, 1.165) is 41.7 Å². The summed E-state index contributed by atoms with van der Waals surface area (Å²) in [7, 11) is 4.08. The Kier molecular flexibility index (Phi) is 4.38. The second-order valence-electron chi connectivity index (χ2n) is 5.87. The van der Waals surface area contributed by atoms with Crippen molar-refractivity contribution in [3.8, 4) is 0 Å². The van der Waals surface area contributed by atoms with Crippen LogP contribution >= 0.6 is 15.9 Å². The average Bonchev–Trinajstić information content (AvgIpc) is 2.62. The molecule has 1 aliphatic heterocycles. The third-order valence-corrected chi connectivity index (χ3v) is 5.27. The van der Waals surface area contributed by atoms with Crippen LogP contribution in [0.3, 0.4) is 0 Å². The summed E-state index contributed by atoms with van der Waals surface area (Å²) in [6, 6.07) is 0.427. The Hall–Kier alpha value is -0.390. The van der Waals surface area contributed by atoms with Crippen LogP contribution < -0.4 is 0 Å². The van der Waals surface area contributed by atoms with E-state index < -0.39 is 5.60 Å². The van der Waals surface area contributed by atoms with Crippen LogP contribution in [0, 0.1) is 0 Å². The summed E-state index contributed by atoms with van der Waals surface area (Å²) < 4.78 is 2.97. The zero-order chi connectivity index (χ0) is 14.2. The highest BCUT2D eigenvalue weighted by molar-refractivity contribution is 9.10. The standard InChI is InChI=1S/C14H24BrN3O/c1-5-11-13(15)12(18(4)16-11)9-14(19)6-7-17(3)10(2)8-14/h10,19H,5-9H2,1-4H3. The number of aryl methyl sites for hydroxylation is 2. The molecule has 2 atom stereocenters. The Balaban J connectivity index is 2.19. The van der Waals surface area contributed by atoms with E-state index in [-0.39, 0.29) is 0 Å². The van der Waals surface area contributed by atoms with Gasteiger partial charge in [0.2, 0.25) is 0 Å². The Morgan fingerprint density at radius 1 is 1.47 bits per heavy atom. The van der Waals surface area contributed by atoms with Crippen LogP contribution in [0.25, 0.3) is 0 Å². The molecule has 2 unspecified atom stereocenters. The van der Waals surface area contributed by atoms with Crippen LogP contribution in [0.15, 0.2) is 4.47 Å². The van der Waals surface area contributed by atoms with Gasteiger partial charge in [-0.15, -0.1) is 0 Å². The van der Waals surface area contributed by atoms with Gasteiger partial charge < -0.3 is 10.0 Å². The Morgan fingerprint density at radius 2 is 2.16 bits per heavy atom. The first kappa shape index (κ1) is 15.0. The fraction of sp³-hybridized carbons (Fsp3) is 0.786. The van der Waals surface area contributed by atoms with Gasteiger partial charge in [0.25, 0.3) is 0 Å². The number of hydrogen-bond donors (Lipinski definition) is 1. The minimum absolute atomic E-state index is 0.427. The minimum Gasteiger partial charge on any atom is -0.389 e. The minimum atomic E-state index is -0.604. The van der Waals surface area contributed by atoms with E-state index in [4.69, 9.17) is 0 Å². The SMILES string of the molecule is CCc1nn(C)c(CC2(O)CCN(C)C(C)C2)c1Br. The molecule has 1 aromatic rings. The van der Waals surface area contributed by atoms with E-state index in [0.29, 0.717) is 12.5 Å². The van der Waals surface area contributed by atoms with Gasteiger partial charge in [0, 0.05) is 26.1 Å². The van der Waals surface area contributed by atoms with Crippen molar-refractivity contribution in [2.24, 2.45) is 7.05 Å². The number of aromatic nitrogens is 2. The molecule has 5 heteroatoms. The maximum Gasteiger partial charge on any atom is 0.0766 e. The zero-order valence-electron chi connectivity index (χ0n) is 12.3. The molecule has 108 valence electrons. The maximum atomic E-state index is 10.9. The largest absolute Gasteiger partial charge is 0.389 e. The Labute approximate surface area is 123 Å². The number of halogens is 1. The van der Waals surface area contributed by atoms with Crippen LogP contribution in [-0.2, 0) is 19.9 Å². The molecule has 0 aliphatic carbocycles. The second-order valence-corrected chi connectivity index (χ2v) is 6.66. The number of rotatable bonds is 3. The van der Waals surface area contributed by atoms with Crippen LogP contribution in [0.2, 0.25) is 0 Å². The number of likely N-dealkylation sites (tertiary alicyclic amines) is 1. The molecule has 2 rings (SSSR count). The van der Waals surface area contributed by atoms with E-state index in [1.54, 1.807) is 0 Å². The van der Waals surface area contributed by atoms with E-state index in [2.05, 4.69) is 46.8 Å². The first-order valence-corrected chi connectivity index (χ1v) is 7.78. The molecular weight excluding hydrogens is 306 g/mol. The quantitative estimate of drug-likeness (QED) is 0.923. The van der Waals surface area contributed by atoms with E-state index in [1.807, 2.05) is 11.7 Å². The third-order valence-electron chi connectivity index (χ3n) is 4.36. The smallest absolute Gasteiger partial charge is 0.0766 e. The van der Waals surface area contributed by atoms with Gasteiger partial charge in [-0.3, -0.25) is 4.68 Å². The first-order chi connectivity index (χ1) is 8.86. The summed E-state index contributed by atoms with van der Waals surface area (Å²) in [4.78, 5) is 2.31. The van der Waals surface area contributed by atoms with Crippen LogP contribution in [0.1, 0.15) is 38.1 Å². The lowest BCUT2D eigenvalue weighted by Crippen LogP contribution is -2.49.